The number of aromatic nitrogens is 2. The van der Waals surface area contributed by atoms with E-state index in [1.54, 1.807) is 5.51 Å². The van der Waals surface area contributed by atoms with Crippen molar-refractivity contribution in [2.24, 2.45) is 0 Å². The number of aromatic amines is 1. The summed E-state index contributed by atoms with van der Waals surface area (Å²) >= 11 is 8.80. The average molecular weight is 543 g/mol. The molecule has 0 unspecified atom stereocenters. The molecule has 188 valence electrons. The summed E-state index contributed by atoms with van der Waals surface area (Å²) < 4.78 is 8.84. The molecule has 4 aromatic rings. The lowest BCUT2D eigenvalue weighted by atomic mass is 10.1. The highest BCUT2D eigenvalue weighted by Gasteiger charge is 2.17. The number of hydrogen-bond acceptors (Lipinski definition) is 6. The van der Waals surface area contributed by atoms with Gasteiger partial charge < -0.3 is 15.0 Å². The Morgan fingerprint density at radius 1 is 1.17 bits per heavy atom. The second-order valence-electron chi connectivity index (χ2n) is 8.25. The summed E-state index contributed by atoms with van der Waals surface area (Å²) in [5.41, 5.74) is 6.04. The van der Waals surface area contributed by atoms with Crippen LogP contribution in [0.2, 0.25) is 5.02 Å². The van der Waals surface area contributed by atoms with E-state index in [1.807, 2.05) is 50.2 Å². The third-order valence-corrected chi connectivity index (χ3v) is 7.71. The number of hydrogen-bond donors (Lipinski definition) is 3. The van der Waals surface area contributed by atoms with E-state index in [2.05, 4.69) is 20.0 Å². The first-order chi connectivity index (χ1) is 17.4. The molecule has 2 aromatic carbocycles. The van der Waals surface area contributed by atoms with Crippen molar-refractivity contribution in [3.63, 3.8) is 0 Å². The van der Waals surface area contributed by atoms with Crippen LogP contribution in [0.1, 0.15) is 43.3 Å². The molecule has 0 radical (unpaired) electrons. The maximum Gasteiger partial charge on any atom is 0.277 e. The van der Waals surface area contributed by atoms with Gasteiger partial charge in [-0.3, -0.25) is 19.3 Å². The van der Waals surface area contributed by atoms with Crippen molar-refractivity contribution in [3.8, 4) is 5.75 Å². The van der Waals surface area contributed by atoms with E-state index in [-0.39, 0.29) is 11.8 Å². The second kappa shape index (κ2) is 12.3. The third-order valence-electron chi connectivity index (χ3n) is 5.60. The quantitative estimate of drug-likeness (QED) is 0.166. The largest absolute Gasteiger partial charge is 0.494 e. The Bertz CT molecular complexity index is 1330. The molecule has 7 nitrogen and oxygen atoms in total. The molecule has 0 atom stereocenters. The molecule has 0 saturated carbocycles. The normalized spacial score (nSPS) is 11.0. The molecule has 4 rings (SSSR count). The zero-order valence-electron chi connectivity index (χ0n) is 20.0. The van der Waals surface area contributed by atoms with Gasteiger partial charge in [-0.25, -0.2) is 0 Å². The monoisotopic (exact) mass is 542 g/mol. The molecule has 0 bridgehead atoms. The van der Waals surface area contributed by atoms with Gasteiger partial charge in [0.25, 0.3) is 11.8 Å². The summed E-state index contributed by atoms with van der Waals surface area (Å²) in [6.45, 7) is 4.88. The van der Waals surface area contributed by atoms with Crippen LogP contribution in [0, 0.1) is 13.8 Å². The van der Waals surface area contributed by atoms with E-state index in [9.17, 15) is 9.59 Å². The molecular formula is C26H27ClN4O3S2. The zero-order valence-corrected chi connectivity index (χ0v) is 22.4. The number of H-pyrrole nitrogens is 1. The van der Waals surface area contributed by atoms with Gasteiger partial charge >= 0.3 is 0 Å². The van der Waals surface area contributed by atoms with Crippen molar-refractivity contribution in [3.05, 3.63) is 80.4 Å². The summed E-state index contributed by atoms with van der Waals surface area (Å²) in [5, 5.41) is 4.61. The predicted molar refractivity (Wildman–Crippen MR) is 147 cm³/mol. The second-order valence-corrected chi connectivity index (χ2v) is 10.4. The average Bonchev–Trinajstić information content (AvgIpc) is 3.53. The molecule has 0 aliphatic rings. The van der Waals surface area contributed by atoms with Crippen molar-refractivity contribution in [1.82, 2.24) is 20.0 Å². The van der Waals surface area contributed by atoms with Crippen molar-refractivity contribution < 1.29 is 14.3 Å². The van der Waals surface area contributed by atoms with Crippen LogP contribution in [0.5, 0.6) is 5.75 Å². The fourth-order valence-electron chi connectivity index (χ4n) is 3.88. The fraction of sp³-hybridized carbons (Fsp3) is 0.269. The van der Waals surface area contributed by atoms with Crippen LogP contribution in [0.3, 0.4) is 0 Å². The van der Waals surface area contributed by atoms with Gasteiger partial charge in [0.1, 0.15) is 16.3 Å². The van der Waals surface area contributed by atoms with Crippen LogP contribution >= 0.6 is 34.9 Å². The number of thiazole rings is 1. The van der Waals surface area contributed by atoms with Gasteiger partial charge in [-0.2, -0.15) is 0 Å². The Hall–Kier alpha value is -3.01. The summed E-state index contributed by atoms with van der Waals surface area (Å²) in [5.74, 6) is 0.989. The van der Waals surface area contributed by atoms with Gasteiger partial charge in [0.05, 0.1) is 18.3 Å². The molecule has 2 aromatic heterocycles. The van der Waals surface area contributed by atoms with Crippen LogP contribution in [0.25, 0.3) is 10.9 Å². The van der Waals surface area contributed by atoms with Crippen LogP contribution < -0.4 is 14.8 Å². The van der Waals surface area contributed by atoms with Crippen LogP contribution in [-0.2, 0) is 6.42 Å². The highest BCUT2D eigenvalue weighted by molar-refractivity contribution is 7.97. The molecule has 2 heterocycles. The highest BCUT2D eigenvalue weighted by atomic mass is 35.5. The molecule has 10 heteroatoms. The minimum Gasteiger partial charge on any atom is -0.494 e. The van der Waals surface area contributed by atoms with Crippen molar-refractivity contribution >= 4 is 57.6 Å². The summed E-state index contributed by atoms with van der Waals surface area (Å²) in [4.78, 5) is 32.7. The SMILES string of the molecule is Cc1cc(OCCCc2c(C(=O)NSCCNC(=O)c3cncs3)[nH]c3ccccc23)cc(C)c1Cl. The first-order valence-corrected chi connectivity index (χ1v) is 13.8. The number of nitrogens with one attached hydrogen (secondary N) is 3. The van der Waals surface area contributed by atoms with E-state index >= 15 is 0 Å². The number of para-hydroxylation sites is 1. The predicted octanol–water partition coefficient (Wildman–Crippen LogP) is 5.71. The molecule has 3 N–H and O–H groups in total. The summed E-state index contributed by atoms with van der Waals surface area (Å²) in [6.07, 6.45) is 2.97. The molecule has 0 saturated heterocycles. The lowest BCUT2D eigenvalue weighted by Crippen LogP contribution is -2.27. The van der Waals surface area contributed by atoms with Gasteiger partial charge in [0, 0.05) is 28.2 Å². The molecule has 0 fully saturated rings. The summed E-state index contributed by atoms with van der Waals surface area (Å²) in [6, 6.07) is 11.8. The van der Waals surface area contributed by atoms with E-state index in [4.69, 9.17) is 16.3 Å². The third kappa shape index (κ3) is 6.40. The van der Waals surface area contributed by atoms with Crippen molar-refractivity contribution in [2.45, 2.75) is 26.7 Å². The van der Waals surface area contributed by atoms with E-state index in [0.29, 0.717) is 35.9 Å². The number of fused-ring (bicyclic) bond motifs is 1. The minimum absolute atomic E-state index is 0.159. The first-order valence-electron chi connectivity index (χ1n) is 11.5. The number of amides is 2. The van der Waals surface area contributed by atoms with E-state index < -0.39 is 0 Å². The lowest BCUT2D eigenvalue weighted by Gasteiger charge is -2.10. The van der Waals surface area contributed by atoms with Gasteiger partial charge in [0.15, 0.2) is 0 Å². The van der Waals surface area contributed by atoms with Crippen molar-refractivity contribution in [1.29, 1.82) is 0 Å². The Morgan fingerprint density at radius 3 is 2.69 bits per heavy atom. The number of halogens is 1. The smallest absolute Gasteiger partial charge is 0.277 e. The van der Waals surface area contributed by atoms with Gasteiger partial charge in [-0.05, 0) is 73.5 Å². The molecule has 0 aliphatic heterocycles. The highest BCUT2D eigenvalue weighted by Crippen LogP contribution is 2.27. The van der Waals surface area contributed by atoms with E-state index in [0.717, 1.165) is 44.8 Å². The van der Waals surface area contributed by atoms with Crippen LogP contribution in [-0.4, -0.2) is 40.7 Å². The maximum atomic E-state index is 13.0. The molecule has 0 aliphatic carbocycles. The van der Waals surface area contributed by atoms with Crippen molar-refractivity contribution in [2.75, 3.05) is 18.9 Å². The number of benzene rings is 2. The van der Waals surface area contributed by atoms with Gasteiger partial charge in [-0.1, -0.05) is 29.8 Å². The fourth-order valence-corrected chi connectivity index (χ4v) is 5.06. The molecule has 2 amide bonds. The number of aryl methyl sites for hydroxylation is 3. The number of ether oxygens (including phenoxy) is 1. The first kappa shape index (κ1) is 26.1. The van der Waals surface area contributed by atoms with Gasteiger partial charge in [-0.15, -0.1) is 11.3 Å². The minimum atomic E-state index is -0.190. The topological polar surface area (TPSA) is 96.1 Å². The number of rotatable bonds is 11. The van der Waals surface area contributed by atoms with Crippen LogP contribution in [0.4, 0.5) is 0 Å². The molecule has 36 heavy (non-hydrogen) atoms. The zero-order chi connectivity index (χ0) is 25.5. The number of carbonyl (C=O) groups excluding carboxylic acids is 2. The molecule has 0 spiro atoms. The standard InChI is InChI=1S/C26H27ClN4O3S2/c1-16-12-18(13-17(2)23(16)27)34-10-5-7-20-19-6-3-4-8-21(19)30-24(20)26(33)31-36-11-9-29-25(32)22-14-28-15-35-22/h3-4,6,8,12-15,30H,5,7,9-11H2,1-2H3,(H,29,32)(H,31,33). The summed E-state index contributed by atoms with van der Waals surface area (Å²) in [7, 11) is 0. The number of carbonyl (C=O) groups is 2. The van der Waals surface area contributed by atoms with Crippen LogP contribution in [0.15, 0.2) is 48.1 Å². The Kier molecular flexibility index (Phi) is 8.90. The van der Waals surface area contributed by atoms with Gasteiger partial charge in [0.2, 0.25) is 0 Å². The number of nitrogens with zero attached hydrogens (tertiary/aromatic N) is 1. The molecular weight excluding hydrogens is 516 g/mol. The Balaban J connectivity index is 1.32. The maximum absolute atomic E-state index is 13.0. The Labute approximate surface area is 223 Å². The lowest BCUT2D eigenvalue weighted by molar-refractivity contribution is 0.0958. The Morgan fingerprint density at radius 2 is 1.94 bits per heavy atom. The van der Waals surface area contributed by atoms with E-state index in [1.165, 1.54) is 29.5 Å².